The molecule has 20 heavy (non-hydrogen) atoms. The first-order chi connectivity index (χ1) is 9.48. The second kappa shape index (κ2) is 7.98. The van der Waals surface area contributed by atoms with E-state index in [9.17, 15) is 13.2 Å². The summed E-state index contributed by atoms with van der Waals surface area (Å²) in [6.45, 7) is 3.06. The lowest BCUT2D eigenvalue weighted by Crippen LogP contribution is -2.31. The molecule has 0 fully saturated rings. The van der Waals surface area contributed by atoms with Crippen LogP contribution in [-0.2, 0) is 21.3 Å². The van der Waals surface area contributed by atoms with Crippen LogP contribution in [0.5, 0.6) is 0 Å². The van der Waals surface area contributed by atoms with Crippen LogP contribution in [0.25, 0.3) is 0 Å². The SMILES string of the molecule is CCNS(=O)(=O)CCNCc1ccc(C(=O)OC)cc1. The van der Waals surface area contributed by atoms with Gasteiger partial charge < -0.3 is 10.1 Å². The number of nitrogens with one attached hydrogen (secondary N) is 2. The van der Waals surface area contributed by atoms with Gasteiger partial charge >= 0.3 is 5.97 Å². The van der Waals surface area contributed by atoms with Gasteiger partial charge in [0.15, 0.2) is 0 Å². The predicted molar refractivity (Wildman–Crippen MR) is 77.0 cm³/mol. The molecule has 0 aromatic heterocycles. The zero-order valence-corrected chi connectivity index (χ0v) is 12.5. The van der Waals surface area contributed by atoms with Crippen LogP contribution in [0.2, 0.25) is 0 Å². The first-order valence-corrected chi connectivity index (χ1v) is 7.99. The van der Waals surface area contributed by atoms with E-state index in [0.29, 0.717) is 25.2 Å². The first kappa shape index (κ1) is 16.6. The highest BCUT2D eigenvalue weighted by Crippen LogP contribution is 2.05. The van der Waals surface area contributed by atoms with E-state index in [2.05, 4.69) is 14.8 Å². The fraction of sp³-hybridized carbons (Fsp3) is 0.462. The third kappa shape index (κ3) is 5.68. The summed E-state index contributed by atoms with van der Waals surface area (Å²) < 4.78 is 29.8. The molecule has 6 nitrogen and oxygen atoms in total. The van der Waals surface area contributed by atoms with Crippen LogP contribution in [0.4, 0.5) is 0 Å². The average Bonchev–Trinajstić information content (AvgIpc) is 2.43. The van der Waals surface area contributed by atoms with Crippen LogP contribution in [0.1, 0.15) is 22.8 Å². The highest BCUT2D eigenvalue weighted by atomic mass is 32.2. The average molecular weight is 300 g/mol. The lowest BCUT2D eigenvalue weighted by Gasteiger charge is -2.07. The standard InChI is InChI=1S/C13H20N2O4S/c1-3-15-20(17,18)9-8-14-10-11-4-6-12(7-5-11)13(16)19-2/h4-7,14-15H,3,8-10H2,1-2H3. The lowest BCUT2D eigenvalue weighted by molar-refractivity contribution is 0.0600. The van der Waals surface area contributed by atoms with Gasteiger partial charge in [-0.15, -0.1) is 0 Å². The van der Waals surface area contributed by atoms with Crippen molar-refractivity contribution in [3.05, 3.63) is 35.4 Å². The summed E-state index contributed by atoms with van der Waals surface area (Å²) in [5.41, 5.74) is 1.46. The molecule has 0 spiro atoms. The Labute approximate surface area is 119 Å². The Balaban J connectivity index is 2.38. The van der Waals surface area contributed by atoms with Crippen molar-refractivity contribution in [2.45, 2.75) is 13.5 Å². The van der Waals surface area contributed by atoms with Gasteiger partial charge in [0.25, 0.3) is 0 Å². The van der Waals surface area contributed by atoms with Crippen molar-refractivity contribution < 1.29 is 17.9 Å². The fourth-order valence-electron chi connectivity index (χ4n) is 1.61. The van der Waals surface area contributed by atoms with Gasteiger partial charge in [0.1, 0.15) is 0 Å². The minimum absolute atomic E-state index is 0.0427. The molecule has 1 rings (SSSR count). The first-order valence-electron chi connectivity index (χ1n) is 6.34. The smallest absolute Gasteiger partial charge is 0.337 e. The van der Waals surface area contributed by atoms with Gasteiger partial charge in [0, 0.05) is 19.6 Å². The Morgan fingerprint density at radius 2 is 1.90 bits per heavy atom. The maximum absolute atomic E-state index is 11.4. The zero-order valence-electron chi connectivity index (χ0n) is 11.7. The van der Waals surface area contributed by atoms with Gasteiger partial charge in [-0.25, -0.2) is 17.9 Å². The van der Waals surface area contributed by atoms with Crippen LogP contribution in [0, 0.1) is 0 Å². The Morgan fingerprint density at radius 1 is 1.25 bits per heavy atom. The maximum Gasteiger partial charge on any atom is 0.337 e. The Bertz CT molecular complexity index is 526. The molecule has 0 aliphatic heterocycles. The van der Waals surface area contributed by atoms with Crippen molar-refractivity contribution in [2.24, 2.45) is 0 Å². The van der Waals surface area contributed by atoms with E-state index in [1.54, 1.807) is 31.2 Å². The molecule has 0 saturated carbocycles. The Kier molecular flexibility index (Phi) is 6.63. The molecule has 0 atom stereocenters. The van der Waals surface area contributed by atoms with E-state index in [0.717, 1.165) is 5.56 Å². The van der Waals surface area contributed by atoms with Crippen molar-refractivity contribution in [2.75, 3.05) is 26.0 Å². The highest BCUT2D eigenvalue weighted by Gasteiger charge is 2.07. The number of hydrogen-bond donors (Lipinski definition) is 2. The molecule has 0 aliphatic carbocycles. The van der Waals surface area contributed by atoms with Crippen LogP contribution in [0.3, 0.4) is 0 Å². The van der Waals surface area contributed by atoms with Crippen molar-refractivity contribution in [1.29, 1.82) is 0 Å². The van der Waals surface area contributed by atoms with Crippen molar-refractivity contribution >= 4 is 16.0 Å². The number of methoxy groups -OCH3 is 1. The van der Waals surface area contributed by atoms with Crippen molar-refractivity contribution in [3.63, 3.8) is 0 Å². The molecule has 0 aliphatic rings. The predicted octanol–water partition coefficient (Wildman–Crippen LogP) is 0.502. The second-order valence-corrected chi connectivity index (χ2v) is 6.11. The molecule has 0 bridgehead atoms. The summed E-state index contributed by atoms with van der Waals surface area (Å²) in [6.07, 6.45) is 0. The van der Waals surface area contributed by atoms with Gasteiger partial charge in [0.05, 0.1) is 18.4 Å². The number of carbonyl (C=O) groups is 1. The normalized spacial score (nSPS) is 11.3. The van der Waals surface area contributed by atoms with Crippen LogP contribution < -0.4 is 10.0 Å². The molecular weight excluding hydrogens is 280 g/mol. The zero-order chi connectivity index (χ0) is 15.0. The number of ether oxygens (including phenoxy) is 1. The molecule has 0 saturated heterocycles. The number of carbonyl (C=O) groups excluding carboxylic acids is 1. The summed E-state index contributed by atoms with van der Waals surface area (Å²) in [4.78, 5) is 11.2. The van der Waals surface area contributed by atoms with E-state index in [4.69, 9.17) is 0 Å². The second-order valence-electron chi connectivity index (χ2n) is 4.18. The van der Waals surface area contributed by atoms with Gasteiger partial charge in [0.2, 0.25) is 10.0 Å². The van der Waals surface area contributed by atoms with Crippen molar-refractivity contribution in [1.82, 2.24) is 10.0 Å². The van der Waals surface area contributed by atoms with Crippen LogP contribution in [-0.4, -0.2) is 40.3 Å². The van der Waals surface area contributed by atoms with E-state index in [1.807, 2.05) is 0 Å². The van der Waals surface area contributed by atoms with Gasteiger partial charge in [-0.3, -0.25) is 0 Å². The number of rotatable bonds is 8. The van der Waals surface area contributed by atoms with Gasteiger partial charge in [-0.05, 0) is 17.7 Å². The molecular formula is C13H20N2O4S. The third-order valence-electron chi connectivity index (χ3n) is 2.62. The van der Waals surface area contributed by atoms with E-state index in [-0.39, 0.29) is 11.7 Å². The third-order valence-corrected chi connectivity index (χ3v) is 4.09. The molecule has 0 heterocycles. The molecule has 0 amide bonds. The summed E-state index contributed by atoms with van der Waals surface area (Å²) in [6, 6.07) is 6.96. The van der Waals surface area contributed by atoms with Gasteiger partial charge in [-0.2, -0.15) is 0 Å². The molecule has 2 N–H and O–H groups in total. The van der Waals surface area contributed by atoms with Crippen molar-refractivity contribution in [3.8, 4) is 0 Å². The topological polar surface area (TPSA) is 84.5 Å². The molecule has 1 aromatic carbocycles. The minimum Gasteiger partial charge on any atom is -0.465 e. The summed E-state index contributed by atoms with van der Waals surface area (Å²) in [5, 5.41) is 3.04. The molecule has 0 radical (unpaired) electrons. The lowest BCUT2D eigenvalue weighted by atomic mass is 10.1. The minimum atomic E-state index is -3.18. The largest absolute Gasteiger partial charge is 0.465 e. The number of benzene rings is 1. The molecule has 112 valence electrons. The monoisotopic (exact) mass is 300 g/mol. The van der Waals surface area contributed by atoms with E-state index >= 15 is 0 Å². The summed E-state index contributed by atoms with van der Waals surface area (Å²) in [7, 11) is -1.85. The fourth-order valence-corrected chi connectivity index (χ4v) is 2.61. The number of hydrogen-bond acceptors (Lipinski definition) is 5. The van der Waals surface area contributed by atoms with Gasteiger partial charge in [-0.1, -0.05) is 19.1 Å². The summed E-state index contributed by atoms with van der Waals surface area (Å²) in [5.74, 6) is -0.331. The molecule has 7 heteroatoms. The van der Waals surface area contributed by atoms with E-state index in [1.165, 1.54) is 7.11 Å². The highest BCUT2D eigenvalue weighted by molar-refractivity contribution is 7.89. The van der Waals surface area contributed by atoms with E-state index < -0.39 is 10.0 Å². The molecule has 1 aromatic rings. The number of esters is 1. The summed E-state index contributed by atoms with van der Waals surface area (Å²) >= 11 is 0. The Morgan fingerprint density at radius 3 is 2.45 bits per heavy atom. The maximum atomic E-state index is 11.4. The number of sulfonamides is 1. The Hall–Kier alpha value is -1.44. The van der Waals surface area contributed by atoms with Crippen LogP contribution in [0.15, 0.2) is 24.3 Å². The quantitative estimate of drug-likeness (QED) is 0.539. The molecule has 0 unspecified atom stereocenters. The van der Waals surface area contributed by atoms with Crippen LogP contribution >= 0.6 is 0 Å².